The second kappa shape index (κ2) is 4.52. The molecule has 0 bridgehead atoms. The number of fused-ring (bicyclic) bond motifs is 3. The fourth-order valence-electron chi connectivity index (χ4n) is 2.36. The standard InChI is InChI=1S/C15H9BrN2O/c16-11-1-2-12-9(3-4-17)5-10-6-15(19)18-8-14(10)13(12)7-11/h1-2,5-8H,3H2,(H,18,19). The zero-order valence-electron chi connectivity index (χ0n) is 9.90. The lowest BCUT2D eigenvalue weighted by molar-refractivity contribution is 1.26. The van der Waals surface area contributed by atoms with E-state index in [9.17, 15) is 4.79 Å². The van der Waals surface area contributed by atoms with Gasteiger partial charge in [0.15, 0.2) is 0 Å². The van der Waals surface area contributed by atoms with E-state index in [1.54, 1.807) is 12.3 Å². The molecule has 0 aliphatic rings. The smallest absolute Gasteiger partial charge is 0.248 e. The van der Waals surface area contributed by atoms with Crippen LogP contribution in [0.5, 0.6) is 0 Å². The van der Waals surface area contributed by atoms with Crippen molar-refractivity contribution < 1.29 is 0 Å². The van der Waals surface area contributed by atoms with E-state index in [0.29, 0.717) is 6.42 Å². The topological polar surface area (TPSA) is 56.6 Å². The third-order valence-electron chi connectivity index (χ3n) is 3.17. The molecule has 1 N–H and O–H groups in total. The molecule has 3 nitrogen and oxygen atoms in total. The average molecular weight is 313 g/mol. The van der Waals surface area contributed by atoms with Crippen LogP contribution in [0.4, 0.5) is 0 Å². The predicted octanol–water partition coefficient (Wildman–Crippen LogP) is 3.51. The van der Waals surface area contributed by atoms with E-state index in [1.807, 2.05) is 24.3 Å². The summed E-state index contributed by atoms with van der Waals surface area (Å²) in [6, 6.07) is 11.6. The van der Waals surface area contributed by atoms with Crippen molar-refractivity contribution in [1.29, 1.82) is 5.26 Å². The Labute approximate surface area is 117 Å². The van der Waals surface area contributed by atoms with Crippen molar-refractivity contribution in [3.8, 4) is 6.07 Å². The van der Waals surface area contributed by atoms with Crippen molar-refractivity contribution in [2.75, 3.05) is 0 Å². The largest absolute Gasteiger partial charge is 0.328 e. The van der Waals surface area contributed by atoms with Gasteiger partial charge in [-0.15, -0.1) is 0 Å². The highest BCUT2D eigenvalue weighted by molar-refractivity contribution is 9.10. The van der Waals surface area contributed by atoms with E-state index in [2.05, 4.69) is 27.0 Å². The van der Waals surface area contributed by atoms with Gasteiger partial charge in [0.2, 0.25) is 5.56 Å². The van der Waals surface area contributed by atoms with Gasteiger partial charge in [-0.1, -0.05) is 22.0 Å². The quantitative estimate of drug-likeness (QED) is 0.699. The maximum absolute atomic E-state index is 11.4. The van der Waals surface area contributed by atoms with Gasteiger partial charge in [0.1, 0.15) is 0 Å². The van der Waals surface area contributed by atoms with Gasteiger partial charge in [-0.05, 0) is 39.9 Å². The van der Waals surface area contributed by atoms with Gasteiger partial charge in [-0.25, -0.2) is 0 Å². The van der Waals surface area contributed by atoms with Crippen molar-refractivity contribution >= 4 is 37.5 Å². The van der Waals surface area contributed by atoms with Crippen LogP contribution in [0.3, 0.4) is 0 Å². The first-order valence-corrected chi connectivity index (χ1v) is 6.59. The molecule has 1 aromatic heterocycles. The fourth-order valence-corrected chi connectivity index (χ4v) is 2.72. The minimum Gasteiger partial charge on any atom is -0.328 e. The third kappa shape index (κ3) is 2.02. The molecule has 0 unspecified atom stereocenters. The number of hydrogen-bond acceptors (Lipinski definition) is 2. The molecular formula is C15H9BrN2O. The van der Waals surface area contributed by atoms with Crippen LogP contribution in [0.15, 0.2) is 45.8 Å². The molecular weight excluding hydrogens is 304 g/mol. The minimum atomic E-state index is -0.134. The Morgan fingerprint density at radius 3 is 2.79 bits per heavy atom. The maximum atomic E-state index is 11.4. The summed E-state index contributed by atoms with van der Waals surface area (Å²) in [5.41, 5.74) is 0.813. The number of hydrogen-bond donors (Lipinski definition) is 1. The zero-order chi connectivity index (χ0) is 13.4. The average Bonchev–Trinajstić information content (AvgIpc) is 2.38. The highest BCUT2D eigenvalue weighted by Gasteiger charge is 2.07. The number of pyridine rings is 1. The van der Waals surface area contributed by atoms with Gasteiger partial charge in [-0.3, -0.25) is 4.79 Å². The van der Waals surface area contributed by atoms with E-state index < -0.39 is 0 Å². The third-order valence-corrected chi connectivity index (χ3v) is 3.67. The Balaban J connectivity index is 2.54. The Hall–Kier alpha value is -2.12. The van der Waals surface area contributed by atoms with E-state index in [4.69, 9.17) is 5.26 Å². The highest BCUT2D eigenvalue weighted by atomic mass is 79.9. The van der Waals surface area contributed by atoms with Crippen molar-refractivity contribution in [3.05, 3.63) is 56.9 Å². The molecule has 2 aromatic carbocycles. The van der Waals surface area contributed by atoms with E-state index in [1.165, 1.54) is 0 Å². The summed E-state index contributed by atoms with van der Waals surface area (Å²) in [4.78, 5) is 14.1. The number of nitriles is 1. The predicted molar refractivity (Wildman–Crippen MR) is 79.1 cm³/mol. The molecule has 0 aliphatic carbocycles. The SMILES string of the molecule is N#CCc1cc2cc(=O)[nH]cc2c2cc(Br)ccc12. The lowest BCUT2D eigenvalue weighted by atomic mass is 9.97. The van der Waals surface area contributed by atoms with Crippen molar-refractivity contribution in [2.24, 2.45) is 0 Å². The van der Waals surface area contributed by atoms with Gasteiger partial charge < -0.3 is 4.98 Å². The Kier molecular flexibility index (Phi) is 2.84. The van der Waals surface area contributed by atoms with Gasteiger partial charge in [0.05, 0.1) is 12.5 Å². The lowest BCUT2D eigenvalue weighted by Gasteiger charge is -2.08. The van der Waals surface area contributed by atoms with Gasteiger partial charge in [0, 0.05) is 22.1 Å². The van der Waals surface area contributed by atoms with Crippen LogP contribution in [-0.4, -0.2) is 4.98 Å². The van der Waals surface area contributed by atoms with E-state index in [0.717, 1.165) is 31.6 Å². The first-order valence-electron chi connectivity index (χ1n) is 5.79. The lowest BCUT2D eigenvalue weighted by Crippen LogP contribution is -2.02. The second-order valence-electron chi connectivity index (χ2n) is 4.36. The van der Waals surface area contributed by atoms with Crippen LogP contribution in [-0.2, 0) is 6.42 Å². The molecule has 4 heteroatoms. The number of benzene rings is 2. The molecule has 3 aromatic rings. The van der Waals surface area contributed by atoms with Crippen LogP contribution in [0.2, 0.25) is 0 Å². The summed E-state index contributed by atoms with van der Waals surface area (Å²) in [5.74, 6) is 0. The van der Waals surface area contributed by atoms with Crippen molar-refractivity contribution in [2.45, 2.75) is 6.42 Å². The van der Waals surface area contributed by atoms with Crippen LogP contribution < -0.4 is 5.56 Å². The van der Waals surface area contributed by atoms with Crippen LogP contribution in [0, 0.1) is 11.3 Å². The Morgan fingerprint density at radius 1 is 1.16 bits per heavy atom. The normalized spacial score (nSPS) is 10.7. The van der Waals surface area contributed by atoms with Crippen molar-refractivity contribution in [1.82, 2.24) is 4.98 Å². The fraction of sp³-hybridized carbons (Fsp3) is 0.0667. The molecule has 0 saturated heterocycles. The molecule has 92 valence electrons. The van der Waals surface area contributed by atoms with Gasteiger partial charge in [-0.2, -0.15) is 5.26 Å². The minimum absolute atomic E-state index is 0.134. The first kappa shape index (κ1) is 11.9. The summed E-state index contributed by atoms with van der Waals surface area (Å²) in [6.45, 7) is 0. The Morgan fingerprint density at radius 2 is 2.00 bits per heavy atom. The van der Waals surface area contributed by atoms with Gasteiger partial charge >= 0.3 is 0 Å². The second-order valence-corrected chi connectivity index (χ2v) is 5.28. The summed E-state index contributed by atoms with van der Waals surface area (Å²) in [6.07, 6.45) is 2.06. The molecule has 0 aliphatic heterocycles. The number of nitrogens with zero attached hydrogens (tertiary/aromatic N) is 1. The number of halogens is 1. The molecule has 0 saturated carbocycles. The molecule has 1 heterocycles. The number of rotatable bonds is 1. The molecule has 0 atom stereocenters. The van der Waals surface area contributed by atoms with Crippen molar-refractivity contribution in [3.63, 3.8) is 0 Å². The molecule has 0 fully saturated rings. The van der Waals surface area contributed by atoms with E-state index in [-0.39, 0.29) is 5.56 Å². The maximum Gasteiger partial charge on any atom is 0.248 e. The van der Waals surface area contributed by atoms with Crippen LogP contribution in [0.25, 0.3) is 21.5 Å². The molecule has 19 heavy (non-hydrogen) atoms. The van der Waals surface area contributed by atoms with Crippen LogP contribution >= 0.6 is 15.9 Å². The number of aromatic nitrogens is 1. The summed E-state index contributed by atoms with van der Waals surface area (Å²) in [7, 11) is 0. The van der Waals surface area contributed by atoms with Crippen LogP contribution in [0.1, 0.15) is 5.56 Å². The van der Waals surface area contributed by atoms with Gasteiger partial charge in [0.25, 0.3) is 0 Å². The molecule has 0 spiro atoms. The number of nitrogens with one attached hydrogen (secondary N) is 1. The number of H-pyrrole nitrogens is 1. The zero-order valence-corrected chi connectivity index (χ0v) is 11.5. The number of aromatic amines is 1. The van der Waals surface area contributed by atoms with E-state index >= 15 is 0 Å². The Bertz CT molecular complexity index is 890. The summed E-state index contributed by atoms with van der Waals surface area (Å²) < 4.78 is 0.974. The summed E-state index contributed by atoms with van der Waals surface area (Å²) in [5, 5.41) is 12.9. The monoisotopic (exact) mass is 312 g/mol. The molecule has 3 rings (SSSR count). The first-order chi connectivity index (χ1) is 9.19. The highest BCUT2D eigenvalue weighted by Crippen LogP contribution is 2.30. The molecule has 0 radical (unpaired) electrons. The summed E-state index contributed by atoms with van der Waals surface area (Å²) >= 11 is 3.46. The molecule has 0 amide bonds.